The van der Waals surface area contributed by atoms with Gasteiger partial charge in [-0.2, -0.15) is 0 Å². The van der Waals surface area contributed by atoms with Gasteiger partial charge in [-0.1, -0.05) is 24.8 Å². The van der Waals surface area contributed by atoms with Crippen molar-refractivity contribution in [1.82, 2.24) is 10.2 Å². The molecule has 7 nitrogen and oxygen atoms in total. The number of carbonyl (C=O) groups excluding carboxylic acids is 3. The predicted molar refractivity (Wildman–Crippen MR) is 95.4 cm³/mol. The Morgan fingerprint density at radius 3 is 2.81 bits per heavy atom. The van der Waals surface area contributed by atoms with Gasteiger partial charge in [-0.05, 0) is 31.6 Å². The van der Waals surface area contributed by atoms with E-state index >= 15 is 0 Å². The summed E-state index contributed by atoms with van der Waals surface area (Å²) >= 11 is 0. The average Bonchev–Trinajstić information content (AvgIpc) is 2.66. The highest BCUT2D eigenvalue weighted by Gasteiger charge is 2.42. The molecule has 1 unspecified atom stereocenters. The first-order valence-corrected chi connectivity index (χ1v) is 8.50. The number of hydrogen-bond acceptors (Lipinski definition) is 5. The van der Waals surface area contributed by atoms with E-state index < -0.39 is 11.6 Å². The largest absolute Gasteiger partial charge is 0.464 e. The SMILES string of the molecule is C=CC(=O)NCc1ccccc1C(=O)N1CCOC(C)(C(=O)OCC)C1. The van der Waals surface area contributed by atoms with E-state index in [-0.39, 0.29) is 38.1 Å². The third kappa shape index (κ3) is 4.49. The highest BCUT2D eigenvalue weighted by atomic mass is 16.6. The van der Waals surface area contributed by atoms with Gasteiger partial charge in [-0.3, -0.25) is 9.59 Å². The molecule has 2 rings (SSSR count). The number of nitrogens with one attached hydrogen (secondary N) is 1. The summed E-state index contributed by atoms with van der Waals surface area (Å²) in [6, 6.07) is 7.04. The lowest BCUT2D eigenvalue weighted by atomic mass is 10.0. The molecule has 0 saturated carbocycles. The molecule has 0 aliphatic carbocycles. The van der Waals surface area contributed by atoms with Crippen LogP contribution in [0.4, 0.5) is 0 Å². The van der Waals surface area contributed by atoms with E-state index in [1.54, 1.807) is 43.0 Å². The van der Waals surface area contributed by atoms with E-state index in [9.17, 15) is 14.4 Å². The van der Waals surface area contributed by atoms with Gasteiger partial charge in [0.25, 0.3) is 5.91 Å². The van der Waals surface area contributed by atoms with E-state index in [2.05, 4.69) is 11.9 Å². The lowest BCUT2D eigenvalue weighted by Crippen LogP contribution is -2.56. The fourth-order valence-corrected chi connectivity index (χ4v) is 2.76. The molecule has 140 valence electrons. The van der Waals surface area contributed by atoms with Crippen molar-refractivity contribution in [3.8, 4) is 0 Å². The minimum absolute atomic E-state index is 0.109. The number of amides is 2. The van der Waals surface area contributed by atoms with Crippen molar-refractivity contribution in [3.05, 3.63) is 48.0 Å². The maximum Gasteiger partial charge on any atom is 0.339 e. The van der Waals surface area contributed by atoms with Gasteiger partial charge < -0.3 is 19.7 Å². The molecule has 1 N–H and O–H groups in total. The summed E-state index contributed by atoms with van der Waals surface area (Å²) in [6.45, 7) is 7.95. The molecular weight excluding hydrogens is 336 g/mol. The first kappa shape index (κ1) is 19.7. The molecule has 1 atom stereocenters. The normalized spacial score (nSPS) is 19.5. The summed E-state index contributed by atoms with van der Waals surface area (Å²) < 4.78 is 10.6. The third-order valence-corrected chi connectivity index (χ3v) is 4.16. The Balaban J connectivity index is 2.17. The quantitative estimate of drug-likeness (QED) is 0.610. The fourth-order valence-electron chi connectivity index (χ4n) is 2.76. The Morgan fingerprint density at radius 2 is 2.12 bits per heavy atom. The Kier molecular flexibility index (Phi) is 6.52. The topological polar surface area (TPSA) is 84.9 Å². The monoisotopic (exact) mass is 360 g/mol. The van der Waals surface area contributed by atoms with Crippen LogP contribution in [-0.2, 0) is 25.6 Å². The molecule has 1 heterocycles. The molecule has 1 aromatic carbocycles. The number of rotatable bonds is 6. The molecule has 2 amide bonds. The molecular formula is C19H24N2O5. The second-order valence-electron chi connectivity index (χ2n) is 6.11. The van der Waals surface area contributed by atoms with Crippen LogP contribution in [0.2, 0.25) is 0 Å². The Hall–Kier alpha value is -2.67. The lowest BCUT2D eigenvalue weighted by molar-refractivity contribution is -0.178. The molecule has 1 aliphatic rings. The number of hydrogen-bond donors (Lipinski definition) is 1. The number of carbonyl (C=O) groups is 3. The van der Waals surface area contributed by atoms with Crippen LogP contribution in [0.3, 0.4) is 0 Å². The van der Waals surface area contributed by atoms with Crippen molar-refractivity contribution in [2.75, 3.05) is 26.3 Å². The number of ether oxygens (including phenoxy) is 2. The maximum atomic E-state index is 13.0. The van der Waals surface area contributed by atoms with Crippen LogP contribution in [0.15, 0.2) is 36.9 Å². The molecule has 1 aliphatic heterocycles. The van der Waals surface area contributed by atoms with Crippen molar-refractivity contribution < 1.29 is 23.9 Å². The molecule has 0 spiro atoms. The highest BCUT2D eigenvalue weighted by molar-refractivity contribution is 5.96. The minimum atomic E-state index is -1.18. The van der Waals surface area contributed by atoms with Gasteiger partial charge in [0.05, 0.1) is 19.8 Å². The Morgan fingerprint density at radius 1 is 1.38 bits per heavy atom. The first-order chi connectivity index (χ1) is 12.4. The highest BCUT2D eigenvalue weighted by Crippen LogP contribution is 2.22. The van der Waals surface area contributed by atoms with Crippen molar-refractivity contribution >= 4 is 17.8 Å². The zero-order chi connectivity index (χ0) is 19.2. The third-order valence-electron chi connectivity index (χ3n) is 4.16. The predicted octanol–water partition coefficient (Wildman–Crippen LogP) is 1.28. The summed E-state index contributed by atoms with van der Waals surface area (Å²) in [5, 5.41) is 2.67. The van der Waals surface area contributed by atoms with Gasteiger partial charge in [0.2, 0.25) is 5.91 Å². The molecule has 7 heteroatoms. The van der Waals surface area contributed by atoms with E-state index in [0.29, 0.717) is 17.7 Å². The van der Waals surface area contributed by atoms with Crippen LogP contribution >= 0.6 is 0 Å². The van der Waals surface area contributed by atoms with Crippen LogP contribution in [0.25, 0.3) is 0 Å². The van der Waals surface area contributed by atoms with Crippen LogP contribution in [0.1, 0.15) is 29.8 Å². The molecule has 0 radical (unpaired) electrons. The van der Waals surface area contributed by atoms with Crippen molar-refractivity contribution in [2.45, 2.75) is 26.0 Å². The summed E-state index contributed by atoms with van der Waals surface area (Å²) in [7, 11) is 0. The summed E-state index contributed by atoms with van der Waals surface area (Å²) in [5.74, 6) is -1.01. The second-order valence-corrected chi connectivity index (χ2v) is 6.11. The van der Waals surface area contributed by atoms with Gasteiger partial charge in [0.1, 0.15) is 0 Å². The minimum Gasteiger partial charge on any atom is -0.464 e. The summed E-state index contributed by atoms with van der Waals surface area (Å²) in [5.41, 5.74) is -0.0161. The molecule has 0 aromatic heterocycles. The first-order valence-electron chi connectivity index (χ1n) is 8.50. The van der Waals surface area contributed by atoms with Gasteiger partial charge in [0.15, 0.2) is 5.60 Å². The van der Waals surface area contributed by atoms with Crippen LogP contribution in [-0.4, -0.2) is 54.6 Å². The van der Waals surface area contributed by atoms with Crippen molar-refractivity contribution in [2.24, 2.45) is 0 Å². The fraction of sp³-hybridized carbons (Fsp3) is 0.421. The molecule has 1 fully saturated rings. The Bertz CT molecular complexity index is 703. The molecule has 1 aromatic rings. The van der Waals surface area contributed by atoms with Gasteiger partial charge in [-0.15, -0.1) is 0 Å². The second kappa shape index (κ2) is 8.62. The van der Waals surface area contributed by atoms with Crippen molar-refractivity contribution in [3.63, 3.8) is 0 Å². The van der Waals surface area contributed by atoms with E-state index in [0.717, 1.165) is 0 Å². The molecule has 26 heavy (non-hydrogen) atoms. The number of benzene rings is 1. The zero-order valence-electron chi connectivity index (χ0n) is 15.1. The summed E-state index contributed by atoms with van der Waals surface area (Å²) in [6.07, 6.45) is 1.18. The van der Waals surface area contributed by atoms with Gasteiger partial charge >= 0.3 is 5.97 Å². The number of nitrogens with zero attached hydrogens (tertiary/aromatic N) is 1. The summed E-state index contributed by atoms with van der Waals surface area (Å²) in [4.78, 5) is 38.1. The maximum absolute atomic E-state index is 13.0. The van der Waals surface area contributed by atoms with E-state index in [1.807, 2.05) is 0 Å². The van der Waals surface area contributed by atoms with Crippen LogP contribution in [0.5, 0.6) is 0 Å². The number of esters is 1. The van der Waals surface area contributed by atoms with Crippen LogP contribution in [0, 0.1) is 0 Å². The standard InChI is InChI=1S/C19H24N2O5/c1-4-16(22)20-12-14-8-6-7-9-15(14)17(23)21-10-11-26-19(3,13-21)18(24)25-5-2/h4,6-9H,1,5,10-13H2,2-3H3,(H,20,22). The van der Waals surface area contributed by atoms with Crippen LogP contribution < -0.4 is 5.32 Å². The van der Waals surface area contributed by atoms with Gasteiger partial charge in [-0.25, -0.2) is 4.79 Å². The van der Waals surface area contributed by atoms with Crippen molar-refractivity contribution in [1.29, 1.82) is 0 Å². The van der Waals surface area contributed by atoms with Gasteiger partial charge in [0, 0.05) is 18.7 Å². The molecule has 0 bridgehead atoms. The smallest absolute Gasteiger partial charge is 0.339 e. The lowest BCUT2D eigenvalue weighted by Gasteiger charge is -2.38. The average molecular weight is 360 g/mol. The zero-order valence-corrected chi connectivity index (χ0v) is 15.1. The van der Waals surface area contributed by atoms with E-state index in [4.69, 9.17) is 9.47 Å². The molecule has 1 saturated heterocycles. The van der Waals surface area contributed by atoms with E-state index in [1.165, 1.54) is 6.08 Å². The number of morpholine rings is 1. The Labute approximate surface area is 153 Å².